The zero-order valence-electron chi connectivity index (χ0n) is 13.5. The van der Waals surface area contributed by atoms with Gasteiger partial charge >= 0.3 is 5.97 Å². The highest BCUT2D eigenvalue weighted by Crippen LogP contribution is 2.22. The quantitative estimate of drug-likeness (QED) is 0.279. The Morgan fingerprint density at radius 3 is 2.50 bits per heavy atom. The summed E-state index contributed by atoms with van der Waals surface area (Å²) < 4.78 is 4.68. The van der Waals surface area contributed by atoms with E-state index in [2.05, 4.69) is 4.74 Å². The molecule has 0 heterocycles. The summed E-state index contributed by atoms with van der Waals surface area (Å²) in [5, 5.41) is 11.6. The van der Waals surface area contributed by atoms with Gasteiger partial charge in [-0.15, -0.1) is 11.8 Å². The summed E-state index contributed by atoms with van der Waals surface area (Å²) in [4.78, 5) is 24.4. The second-order valence-corrected chi connectivity index (χ2v) is 5.75. The molecule has 2 aromatic rings. The molecule has 0 amide bonds. The first-order chi connectivity index (χ1) is 11.6. The molecule has 1 N–H and O–H groups in total. The Balaban J connectivity index is 2.28. The monoisotopic (exact) mass is 342 g/mol. The van der Waals surface area contributed by atoms with Crippen molar-refractivity contribution in [3.05, 3.63) is 70.8 Å². The van der Waals surface area contributed by atoms with Crippen LogP contribution in [-0.4, -0.2) is 29.7 Å². The lowest BCUT2D eigenvalue weighted by Crippen LogP contribution is -2.07. The van der Waals surface area contributed by atoms with Crippen molar-refractivity contribution in [2.45, 2.75) is 6.92 Å². The first kappa shape index (κ1) is 17.8. The highest BCUT2D eigenvalue weighted by molar-refractivity contribution is 8.03. The Kier molecular flexibility index (Phi) is 6.21. The van der Waals surface area contributed by atoms with Crippen molar-refractivity contribution in [1.29, 1.82) is 0 Å². The van der Waals surface area contributed by atoms with E-state index in [9.17, 15) is 14.7 Å². The smallest absolute Gasteiger partial charge is 0.373 e. The molecule has 124 valence electrons. The van der Waals surface area contributed by atoms with E-state index in [4.69, 9.17) is 0 Å². The van der Waals surface area contributed by atoms with Crippen LogP contribution in [-0.2, 0) is 9.53 Å². The van der Waals surface area contributed by atoms with Crippen molar-refractivity contribution in [2.75, 3.05) is 12.9 Å². The van der Waals surface area contributed by atoms with E-state index in [-0.39, 0.29) is 12.4 Å². The summed E-state index contributed by atoms with van der Waals surface area (Å²) in [6.07, 6.45) is 4.37. The summed E-state index contributed by atoms with van der Waals surface area (Å²) in [6.45, 7) is 1.82. The number of ketones is 1. The molecule has 0 aliphatic carbocycles. The van der Waals surface area contributed by atoms with E-state index in [1.54, 1.807) is 19.2 Å². The third-order valence-electron chi connectivity index (χ3n) is 3.33. The van der Waals surface area contributed by atoms with E-state index in [0.29, 0.717) is 10.5 Å². The molecule has 0 aliphatic heterocycles. The molecule has 2 aromatic carbocycles. The van der Waals surface area contributed by atoms with Crippen LogP contribution in [0.5, 0.6) is 0 Å². The van der Waals surface area contributed by atoms with E-state index in [0.717, 1.165) is 10.8 Å². The van der Waals surface area contributed by atoms with Gasteiger partial charge in [0.2, 0.25) is 5.76 Å². The number of ether oxygens (including phenoxy) is 1. The minimum absolute atomic E-state index is 0.166. The summed E-state index contributed by atoms with van der Waals surface area (Å²) >= 11 is 1.25. The second-order valence-electron chi connectivity index (χ2n) is 4.90. The Bertz CT molecular complexity index is 821. The first-order valence-corrected chi connectivity index (χ1v) is 8.64. The fourth-order valence-electron chi connectivity index (χ4n) is 2.14. The zero-order chi connectivity index (χ0) is 17.5. The number of aliphatic hydroxyl groups is 1. The zero-order valence-corrected chi connectivity index (χ0v) is 14.3. The van der Waals surface area contributed by atoms with Crippen molar-refractivity contribution in [1.82, 2.24) is 0 Å². The standard InChI is InChI=1S/C19H18O4S/c1-3-23-19(22)16(20)10-11-17(24-2)18(21)15-9-8-13-6-4-5-7-14(13)12-15/h4-12,20H,3H2,1-2H3. The van der Waals surface area contributed by atoms with Gasteiger partial charge in [-0.05, 0) is 42.2 Å². The van der Waals surface area contributed by atoms with Gasteiger partial charge in [0, 0.05) is 5.56 Å². The highest BCUT2D eigenvalue weighted by Gasteiger charge is 2.13. The molecule has 0 unspecified atom stereocenters. The number of fused-ring (bicyclic) bond motifs is 1. The van der Waals surface area contributed by atoms with Crippen LogP contribution in [0.4, 0.5) is 0 Å². The van der Waals surface area contributed by atoms with Gasteiger partial charge in [-0.2, -0.15) is 0 Å². The van der Waals surface area contributed by atoms with E-state index >= 15 is 0 Å². The normalized spacial score (nSPS) is 12.2. The van der Waals surface area contributed by atoms with E-state index in [1.807, 2.05) is 36.4 Å². The van der Waals surface area contributed by atoms with Gasteiger partial charge in [-0.25, -0.2) is 4.79 Å². The van der Waals surface area contributed by atoms with Gasteiger partial charge in [0.1, 0.15) is 0 Å². The van der Waals surface area contributed by atoms with Crippen LogP contribution in [0.25, 0.3) is 10.8 Å². The lowest BCUT2D eigenvalue weighted by Gasteiger charge is -2.05. The topological polar surface area (TPSA) is 63.6 Å². The molecular formula is C19H18O4S. The van der Waals surface area contributed by atoms with E-state index in [1.165, 1.54) is 23.9 Å². The van der Waals surface area contributed by atoms with Crippen LogP contribution >= 0.6 is 11.8 Å². The minimum atomic E-state index is -0.813. The number of rotatable bonds is 6. The molecule has 5 heteroatoms. The maximum Gasteiger partial charge on any atom is 0.373 e. The highest BCUT2D eigenvalue weighted by atomic mass is 32.2. The Morgan fingerprint density at radius 2 is 1.83 bits per heavy atom. The van der Waals surface area contributed by atoms with Gasteiger partial charge in [0.25, 0.3) is 0 Å². The van der Waals surface area contributed by atoms with Crippen molar-refractivity contribution < 1.29 is 19.4 Å². The Morgan fingerprint density at radius 1 is 1.12 bits per heavy atom. The SMILES string of the molecule is CCOC(=O)C(O)=CC=C(SC)C(=O)c1ccc2ccccc2c1. The van der Waals surface area contributed by atoms with Gasteiger partial charge in [-0.3, -0.25) is 4.79 Å². The molecule has 0 bridgehead atoms. The maximum absolute atomic E-state index is 12.6. The average molecular weight is 342 g/mol. The number of carbonyl (C=O) groups is 2. The van der Waals surface area contributed by atoms with Crippen LogP contribution in [0, 0.1) is 0 Å². The number of esters is 1. The van der Waals surface area contributed by atoms with Crippen molar-refractivity contribution in [3.63, 3.8) is 0 Å². The predicted molar refractivity (Wildman–Crippen MR) is 97.2 cm³/mol. The number of allylic oxidation sites excluding steroid dienone is 3. The molecule has 0 saturated carbocycles. The molecule has 0 aromatic heterocycles. The molecule has 0 atom stereocenters. The van der Waals surface area contributed by atoms with Crippen LogP contribution in [0.1, 0.15) is 17.3 Å². The molecule has 24 heavy (non-hydrogen) atoms. The van der Waals surface area contributed by atoms with Gasteiger partial charge in [0.05, 0.1) is 11.5 Å². The number of thioether (sulfide) groups is 1. The summed E-state index contributed by atoms with van der Waals surface area (Å²) in [5.41, 5.74) is 0.554. The Hall–Kier alpha value is -2.53. The molecular weight excluding hydrogens is 324 g/mol. The number of benzene rings is 2. The number of hydrogen-bond acceptors (Lipinski definition) is 5. The number of carbonyl (C=O) groups excluding carboxylic acids is 2. The molecule has 0 radical (unpaired) electrons. The van der Waals surface area contributed by atoms with E-state index < -0.39 is 11.7 Å². The van der Waals surface area contributed by atoms with Gasteiger partial charge in [-0.1, -0.05) is 36.4 Å². The average Bonchev–Trinajstić information content (AvgIpc) is 2.61. The molecule has 2 rings (SSSR count). The minimum Gasteiger partial charge on any atom is -0.502 e. The summed E-state index contributed by atoms with van der Waals surface area (Å²) in [7, 11) is 0. The van der Waals surface area contributed by atoms with Gasteiger partial charge < -0.3 is 9.84 Å². The largest absolute Gasteiger partial charge is 0.502 e. The number of Topliss-reactive ketones (excluding diaryl/α,β-unsaturated/α-hetero) is 1. The molecule has 0 fully saturated rings. The number of aliphatic hydroxyl groups excluding tert-OH is 1. The van der Waals surface area contributed by atoms with Crippen molar-refractivity contribution in [3.8, 4) is 0 Å². The molecule has 0 saturated heterocycles. The lowest BCUT2D eigenvalue weighted by atomic mass is 10.0. The van der Waals surface area contributed by atoms with Crippen molar-refractivity contribution in [2.24, 2.45) is 0 Å². The summed E-state index contributed by atoms with van der Waals surface area (Å²) in [6, 6.07) is 13.3. The van der Waals surface area contributed by atoms with Crippen molar-refractivity contribution >= 4 is 34.3 Å². The Labute approximate surface area is 144 Å². The lowest BCUT2D eigenvalue weighted by molar-refractivity contribution is -0.141. The van der Waals surface area contributed by atoms with Crippen LogP contribution < -0.4 is 0 Å². The second kappa shape index (κ2) is 8.36. The maximum atomic E-state index is 12.6. The molecule has 0 aliphatic rings. The van der Waals surface area contributed by atoms with Crippen LogP contribution in [0.3, 0.4) is 0 Å². The number of hydrogen-bond donors (Lipinski definition) is 1. The van der Waals surface area contributed by atoms with Crippen LogP contribution in [0.15, 0.2) is 65.3 Å². The fraction of sp³-hybridized carbons (Fsp3) is 0.158. The third kappa shape index (κ3) is 4.26. The predicted octanol–water partition coefficient (Wildman–Crippen LogP) is 4.27. The van der Waals surface area contributed by atoms with Crippen LogP contribution in [0.2, 0.25) is 0 Å². The molecule has 0 spiro atoms. The third-order valence-corrected chi connectivity index (χ3v) is 4.09. The fourth-order valence-corrected chi connectivity index (χ4v) is 2.64. The first-order valence-electron chi connectivity index (χ1n) is 7.42. The molecule has 4 nitrogen and oxygen atoms in total. The summed E-state index contributed by atoms with van der Waals surface area (Å²) in [5.74, 6) is -1.51. The van der Waals surface area contributed by atoms with Gasteiger partial charge in [0.15, 0.2) is 5.78 Å².